The predicted octanol–water partition coefficient (Wildman–Crippen LogP) is -0.237. The molecule has 1 aliphatic rings. The van der Waals surface area contributed by atoms with Crippen LogP contribution in [0.25, 0.3) is 0 Å². The van der Waals surface area contributed by atoms with Crippen molar-refractivity contribution in [2.45, 2.75) is 6.61 Å². The molecule has 0 amide bonds. The third-order valence-electron chi connectivity index (χ3n) is 3.35. The number of benzene rings is 1. The highest BCUT2D eigenvalue weighted by molar-refractivity contribution is 7.85. The maximum absolute atomic E-state index is 9.19. The topological polar surface area (TPSA) is 187 Å². The minimum absolute atomic E-state index is 0.271. The van der Waals surface area contributed by atoms with Gasteiger partial charge in [-0.05, 0) is 12.1 Å². The van der Waals surface area contributed by atoms with Crippen LogP contribution >= 0.6 is 0 Å². The normalized spacial score (nSPS) is 17.3. The summed E-state index contributed by atoms with van der Waals surface area (Å²) in [6.07, 6.45) is 1.43. The Morgan fingerprint density at radius 2 is 1.70 bits per heavy atom. The van der Waals surface area contributed by atoms with Crippen LogP contribution in [-0.2, 0) is 31.7 Å². The summed E-state index contributed by atoms with van der Waals surface area (Å²) in [5, 5.41) is 7.40. The lowest BCUT2D eigenvalue weighted by molar-refractivity contribution is 0.127. The monoisotopic (exact) mass is 471 g/mol. The number of rotatable bonds is 6. The van der Waals surface area contributed by atoms with E-state index >= 15 is 0 Å². The number of nitrogens with zero attached hydrogens (tertiary/aromatic N) is 1. The molecule has 0 aromatic heterocycles. The Morgan fingerprint density at radius 1 is 1.13 bits per heavy atom. The summed E-state index contributed by atoms with van der Waals surface area (Å²) in [7, 11) is -4.09. The fourth-order valence-corrected chi connectivity index (χ4v) is 2.12. The van der Waals surface area contributed by atoms with Gasteiger partial charge in [0, 0.05) is 37.2 Å². The van der Waals surface area contributed by atoms with Gasteiger partial charge in [-0.15, -0.1) is 0 Å². The third kappa shape index (κ3) is 14.9. The summed E-state index contributed by atoms with van der Waals surface area (Å²) in [5.74, 6) is 1.75. The number of oxime groups is 1. The van der Waals surface area contributed by atoms with Gasteiger partial charge in [0.25, 0.3) is 20.2 Å². The molecule has 1 atom stereocenters. The highest BCUT2D eigenvalue weighted by Gasteiger charge is 2.21. The summed E-state index contributed by atoms with van der Waals surface area (Å²) >= 11 is 0. The van der Waals surface area contributed by atoms with Crippen LogP contribution in [-0.4, -0.2) is 78.0 Å². The minimum atomic E-state index is -3.67. The SMILES string of the molecule is COc1ccc(CO/N=C2\CNCC2CN)c(OC)c1.CS(=O)(=O)O.CS(=O)(=O)O. The molecule has 0 radical (unpaired) electrons. The number of hydrogen-bond acceptors (Lipinski definition) is 10. The fraction of sp³-hybridized carbons (Fsp3) is 0.562. The van der Waals surface area contributed by atoms with Gasteiger partial charge in [-0.1, -0.05) is 5.16 Å². The molecule has 0 bridgehead atoms. The molecular weight excluding hydrogens is 442 g/mol. The van der Waals surface area contributed by atoms with Crippen LogP contribution in [0.1, 0.15) is 5.56 Å². The molecule has 0 saturated carbocycles. The summed E-state index contributed by atoms with van der Waals surface area (Å²) in [6, 6.07) is 5.60. The van der Waals surface area contributed by atoms with Gasteiger partial charge in [0.15, 0.2) is 0 Å². The van der Waals surface area contributed by atoms with E-state index in [0.29, 0.717) is 25.7 Å². The smallest absolute Gasteiger partial charge is 0.261 e. The molecule has 174 valence electrons. The first kappa shape index (κ1) is 28.0. The maximum atomic E-state index is 9.19. The van der Waals surface area contributed by atoms with Crippen molar-refractivity contribution in [3.8, 4) is 11.5 Å². The molecular formula is C16H29N3O9S2. The van der Waals surface area contributed by atoms with E-state index < -0.39 is 20.2 Å². The predicted molar refractivity (Wildman–Crippen MR) is 112 cm³/mol. The van der Waals surface area contributed by atoms with Gasteiger partial charge in [0.2, 0.25) is 0 Å². The van der Waals surface area contributed by atoms with E-state index in [1.54, 1.807) is 14.2 Å². The summed E-state index contributed by atoms with van der Waals surface area (Å²) in [4.78, 5) is 5.42. The van der Waals surface area contributed by atoms with Crippen molar-refractivity contribution in [3.63, 3.8) is 0 Å². The summed E-state index contributed by atoms with van der Waals surface area (Å²) in [6.45, 7) is 2.54. The van der Waals surface area contributed by atoms with Crippen LogP contribution in [0.3, 0.4) is 0 Å². The fourth-order valence-electron chi connectivity index (χ4n) is 2.12. The molecule has 1 aliphatic heterocycles. The van der Waals surface area contributed by atoms with Crippen LogP contribution in [0.15, 0.2) is 23.4 Å². The Bertz CT molecular complexity index is 841. The average molecular weight is 472 g/mol. The molecule has 0 aliphatic carbocycles. The lowest BCUT2D eigenvalue weighted by Crippen LogP contribution is -2.22. The quantitative estimate of drug-likeness (QED) is 0.317. The number of nitrogens with one attached hydrogen (secondary N) is 1. The van der Waals surface area contributed by atoms with Gasteiger partial charge >= 0.3 is 0 Å². The van der Waals surface area contributed by atoms with Gasteiger partial charge in [-0.2, -0.15) is 16.8 Å². The van der Waals surface area contributed by atoms with Crippen LogP contribution in [0.5, 0.6) is 11.5 Å². The highest BCUT2D eigenvalue weighted by atomic mass is 32.2. The first-order valence-electron chi connectivity index (χ1n) is 8.43. The lowest BCUT2D eigenvalue weighted by Gasteiger charge is -2.10. The van der Waals surface area contributed by atoms with E-state index in [0.717, 1.165) is 35.9 Å². The molecule has 1 saturated heterocycles. The van der Waals surface area contributed by atoms with Crippen molar-refractivity contribution in [2.24, 2.45) is 16.8 Å². The van der Waals surface area contributed by atoms with Crippen LogP contribution in [0, 0.1) is 5.92 Å². The minimum Gasteiger partial charge on any atom is -0.497 e. The Balaban J connectivity index is 0.000000702. The zero-order chi connectivity index (χ0) is 23.4. The van der Waals surface area contributed by atoms with E-state index in [1.807, 2.05) is 18.2 Å². The van der Waals surface area contributed by atoms with E-state index in [-0.39, 0.29) is 5.92 Å². The first-order valence-corrected chi connectivity index (χ1v) is 12.1. The molecule has 1 aromatic carbocycles. The molecule has 0 spiro atoms. The van der Waals surface area contributed by atoms with Gasteiger partial charge in [-0.25, -0.2) is 0 Å². The van der Waals surface area contributed by atoms with E-state index in [9.17, 15) is 16.8 Å². The van der Waals surface area contributed by atoms with E-state index in [4.69, 9.17) is 29.2 Å². The van der Waals surface area contributed by atoms with Crippen molar-refractivity contribution >= 4 is 25.9 Å². The second kappa shape index (κ2) is 13.4. The molecule has 1 aromatic rings. The van der Waals surface area contributed by atoms with Crippen molar-refractivity contribution in [1.82, 2.24) is 5.32 Å². The Hall–Kier alpha value is -1.97. The van der Waals surface area contributed by atoms with Crippen molar-refractivity contribution in [2.75, 3.05) is 46.4 Å². The molecule has 5 N–H and O–H groups in total. The standard InChI is InChI=1S/C14H21N3O3.2CH4O3S/c1-18-12-4-3-10(14(5-12)19-2)9-20-17-13-8-16-7-11(13)6-15;2*1-5(2,3)4/h3-5,11,16H,6-9,15H2,1-2H3;2*1H3,(H,2,3,4)/b17-13+;;. The molecule has 2 rings (SSSR count). The second-order valence-corrected chi connectivity index (χ2v) is 9.00. The number of nitrogens with two attached hydrogens (primary N) is 1. The molecule has 1 unspecified atom stereocenters. The first-order chi connectivity index (χ1) is 13.8. The lowest BCUT2D eigenvalue weighted by atomic mass is 10.1. The van der Waals surface area contributed by atoms with Gasteiger partial charge < -0.3 is 25.4 Å². The number of ether oxygens (including phenoxy) is 2. The number of methoxy groups -OCH3 is 2. The Morgan fingerprint density at radius 3 is 2.17 bits per heavy atom. The zero-order valence-electron chi connectivity index (χ0n) is 17.2. The highest BCUT2D eigenvalue weighted by Crippen LogP contribution is 2.25. The Labute approximate surface area is 176 Å². The third-order valence-corrected chi connectivity index (χ3v) is 3.35. The van der Waals surface area contributed by atoms with Crippen LogP contribution in [0.2, 0.25) is 0 Å². The van der Waals surface area contributed by atoms with E-state index in [1.165, 1.54) is 0 Å². The van der Waals surface area contributed by atoms with Crippen LogP contribution < -0.4 is 20.5 Å². The van der Waals surface area contributed by atoms with E-state index in [2.05, 4.69) is 10.5 Å². The molecule has 14 heteroatoms. The van der Waals surface area contributed by atoms with Crippen molar-refractivity contribution in [3.05, 3.63) is 23.8 Å². The van der Waals surface area contributed by atoms with Gasteiger partial charge in [-0.3, -0.25) is 9.11 Å². The van der Waals surface area contributed by atoms with Gasteiger partial charge in [0.05, 0.1) is 32.4 Å². The Kier molecular flexibility index (Phi) is 12.5. The largest absolute Gasteiger partial charge is 0.497 e. The van der Waals surface area contributed by atoms with Crippen molar-refractivity contribution in [1.29, 1.82) is 0 Å². The molecule has 1 fully saturated rings. The molecule has 12 nitrogen and oxygen atoms in total. The average Bonchev–Trinajstić information content (AvgIpc) is 3.06. The maximum Gasteiger partial charge on any atom is 0.261 e. The number of hydrogen-bond donors (Lipinski definition) is 4. The second-order valence-electron chi connectivity index (χ2n) is 6.06. The zero-order valence-corrected chi connectivity index (χ0v) is 18.9. The van der Waals surface area contributed by atoms with Crippen molar-refractivity contribution < 1.29 is 40.3 Å². The summed E-state index contributed by atoms with van der Waals surface area (Å²) in [5.41, 5.74) is 7.57. The molecule has 30 heavy (non-hydrogen) atoms. The van der Waals surface area contributed by atoms with Crippen LogP contribution in [0.4, 0.5) is 0 Å². The van der Waals surface area contributed by atoms with Gasteiger partial charge in [0.1, 0.15) is 18.1 Å². The summed E-state index contributed by atoms with van der Waals surface area (Å²) < 4.78 is 62.2. The molecule has 1 heterocycles.